The number of piperazine rings is 1. The maximum Gasteiger partial charge on any atom is 0.275 e. The van der Waals surface area contributed by atoms with Crippen LogP contribution in [0.15, 0.2) is 18.5 Å². The standard InChI is InChI=1S/C16H22N6O.ClH/c1-20-7-6-18-15(20)14-10-17-5-8-22(14)16(23)12-9-13(11-3-4-11)21(2)19-12;/h6-7,9,11,14,17H,3-5,8,10H2,1-2H3;1H. The Bertz CT molecular complexity index is 735. The maximum absolute atomic E-state index is 13.0. The molecular weight excluding hydrogens is 328 g/mol. The quantitative estimate of drug-likeness (QED) is 0.904. The van der Waals surface area contributed by atoms with Crippen LogP contribution >= 0.6 is 12.4 Å². The lowest BCUT2D eigenvalue weighted by atomic mass is 10.1. The summed E-state index contributed by atoms with van der Waals surface area (Å²) in [6.45, 7) is 2.19. The number of imidazole rings is 1. The molecule has 8 heteroatoms. The minimum absolute atomic E-state index is 0. The molecule has 2 aliphatic rings. The summed E-state index contributed by atoms with van der Waals surface area (Å²) in [5, 5.41) is 7.82. The molecule has 0 spiro atoms. The van der Waals surface area contributed by atoms with E-state index in [4.69, 9.17) is 0 Å². The van der Waals surface area contributed by atoms with Crippen LogP contribution < -0.4 is 5.32 Å². The Balaban J connectivity index is 0.00000169. The number of nitrogens with zero attached hydrogens (tertiary/aromatic N) is 5. The zero-order valence-electron chi connectivity index (χ0n) is 14.0. The monoisotopic (exact) mass is 350 g/mol. The molecule has 1 aliphatic carbocycles. The molecule has 2 aromatic heterocycles. The van der Waals surface area contributed by atoms with Crippen LogP contribution in [0, 0.1) is 0 Å². The predicted octanol–water partition coefficient (Wildman–Crippen LogP) is 1.24. The Morgan fingerprint density at radius 1 is 1.33 bits per heavy atom. The van der Waals surface area contributed by atoms with Crippen molar-refractivity contribution < 1.29 is 4.79 Å². The third-order valence-electron chi connectivity index (χ3n) is 4.79. The van der Waals surface area contributed by atoms with Gasteiger partial charge in [0.2, 0.25) is 0 Å². The van der Waals surface area contributed by atoms with Crippen molar-refractivity contribution in [2.24, 2.45) is 14.1 Å². The van der Waals surface area contributed by atoms with Gasteiger partial charge in [-0.2, -0.15) is 5.10 Å². The molecule has 1 aliphatic heterocycles. The van der Waals surface area contributed by atoms with Crippen molar-refractivity contribution in [3.05, 3.63) is 35.7 Å². The minimum Gasteiger partial charge on any atom is -0.336 e. The number of carbonyl (C=O) groups is 1. The van der Waals surface area contributed by atoms with Crippen LogP contribution in [0.25, 0.3) is 0 Å². The summed E-state index contributed by atoms with van der Waals surface area (Å²) in [6.07, 6.45) is 6.10. The highest BCUT2D eigenvalue weighted by Gasteiger charge is 2.34. The molecule has 4 rings (SSSR count). The summed E-state index contributed by atoms with van der Waals surface area (Å²) in [5.41, 5.74) is 1.73. The van der Waals surface area contributed by atoms with Gasteiger partial charge in [0.05, 0.1) is 0 Å². The van der Waals surface area contributed by atoms with Gasteiger partial charge in [-0.3, -0.25) is 9.48 Å². The van der Waals surface area contributed by atoms with Gasteiger partial charge in [0.15, 0.2) is 5.69 Å². The van der Waals surface area contributed by atoms with Crippen LogP contribution in [0.2, 0.25) is 0 Å². The number of hydrogen-bond acceptors (Lipinski definition) is 4. The number of carbonyl (C=O) groups excluding carboxylic acids is 1. The SMILES string of the molecule is Cl.Cn1ccnc1C1CNCCN1C(=O)c1cc(C2CC2)n(C)n1. The van der Waals surface area contributed by atoms with Crippen molar-refractivity contribution in [2.45, 2.75) is 24.8 Å². The van der Waals surface area contributed by atoms with E-state index in [1.54, 1.807) is 6.20 Å². The summed E-state index contributed by atoms with van der Waals surface area (Å²) in [6, 6.07) is 1.92. The number of rotatable bonds is 3. The van der Waals surface area contributed by atoms with Crippen LogP contribution in [0.5, 0.6) is 0 Å². The van der Waals surface area contributed by atoms with Gasteiger partial charge in [0.25, 0.3) is 5.91 Å². The molecule has 2 aromatic rings. The number of hydrogen-bond donors (Lipinski definition) is 1. The van der Waals surface area contributed by atoms with Crippen LogP contribution in [0.4, 0.5) is 0 Å². The Labute approximate surface area is 147 Å². The van der Waals surface area contributed by atoms with E-state index >= 15 is 0 Å². The molecule has 2 fully saturated rings. The van der Waals surface area contributed by atoms with Crippen LogP contribution in [-0.2, 0) is 14.1 Å². The average molecular weight is 351 g/mol. The number of aryl methyl sites for hydroxylation is 2. The molecule has 1 saturated carbocycles. The van der Waals surface area contributed by atoms with Crippen molar-refractivity contribution in [3.63, 3.8) is 0 Å². The topological polar surface area (TPSA) is 68.0 Å². The summed E-state index contributed by atoms with van der Waals surface area (Å²) < 4.78 is 3.84. The molecule has 7 nitrogen and oxygen atoms in total. The number of nitrogens with one attached hydrogen (secondary N) is 1. The van der Waals surface area contributed by atoms with Crippen molar-refractivity contribution >= 4 is 18.3 Å². The second-order valence-corrected chi connectivity index (χ2v) is 6.47. The summed E-state index contributed by atoms with van der Waals surface area (Å²) in [4.78, 5) is 19.3. The highest BCUT2D eigenvalue weighted by molar-refractivity contribution is 5.92. The van der Waals surface area contributed by atoms with Crippen LogP contribution in [0.1, 0.15) is 46.8 Å². The largest absolute Gasteiger partial charge is 0.336 e. The fourth-order valence-electron chi connectivity index (χ4n) is 3.37. The van der Waals surface area contributed by atoms with Crippen LogP contribution in [-0.4, -0.2) is 49.8 Å². The van der Waals surface area contributed by atoms with E-state index in [-0.39, 0.29) is 24.4 Å². The molecule has 130 valence electrons. The van der Waals surface area contributed by atoms with Crippen molar-refractivity contribution in [3.8, 4) is 0 Å². The normalized spacial score (nSPS) is 20.8. The van der Waals surface area contributed by atoms with Crippen molar-refractivity contribution in [1.82, 2.24) is 29.5 Å². The van der Waals surface area contributed by atoms with Gasteiger partial charge in [-0.15, -0.1) is 12.4 Å². The van der Waals surface area contributed by atoms with E-state index in [2.05, 4.69) is 15.4 Å². The maximum atomic E-state index is 13.0. The molecular formula is C16H23ClN6O. The number of amides is 1. The third kappa shape index (κ3) is 2.93. The van der Waals surface area contributed by atoms with Gasteiger partial charge in [0.1, 0.15) is 11.9 Å². The predicted molar refractivity (Wildman–Crippen MR) is 92.3 cm³/mol. The highest BCUT2D eigenvalue weighted by atomic mass is 35.5. The second kappa shape index (κ2) is 6.57. The van der Waals surface area contributed by atoms with E-state index in [9.17, 15) is 4.79 Å². The fraction of sp³-hybridized carbons (Fsp3) is 0.562. The minimum atomic E-state index is -0.0531. The molecule has 24 heavy (non-hydrogen) atoms. The first-order chi connectivity index (χ1) is 11.1. The summed E-state index contributed by atoms with van der Waals surface area (Å²) >= 11 is 0. The third-order valence-corrected chi connectivity index (χ3v) is 4.79. The van der Waals surface area contributed by atoms with Crippen LogP contribution in [0.3, 0.4) is 0 Å². The fourth-order valence-corrected chi connectivity index (χ4v) is 3.37. The Kier molecular flexibility index (Phi) is 4.64. The molecule has 1 atom stereocenters. The van der Waals surface area contributed by atoms with Gasteiger partial charge in [-0.25, -0.2) is 4.98 Å². The lowest BCUT2D eigenvalue weighted by Gasteiger charge is -2.35. The van der Waals surface area contributed by atoms with E-state index in [0.29, 0.717) is 18.2 Å². The molecule has 3 heterocycles. The summed E-state index contributed by atoms with van der Waals surface area (Å²) in [5.74, 6) is 1.49. The van der Waals surface area contributed by atoms with Gasteiger partial charge >= 0.3 is 0 Å². The second-order valence-electron chi connectivity index (χ2n) is 6.47. The lowest BCUT2D eigenvalue weighted by Crippen LogP contribution is -2.49. The molecule has 1 saturated heterocycles. The Hall–Kier alpha value is -1.86. The molecule has 0 bridgehead atoms. The number of halogens is 1. The smallest absolute Gasteiger partial charge is 0.275 e. The lowest BCUT2D eigenvalue weighted by molar-refractivity contribution is 0.0614. The first-order valence-electron chi connectivity index (χ1n) is 8.18. The highest BCUT2D eigenvalue weighted by Crippen LogP contribution is 2.40. The van der Waals surface area contributed by atoms with Gasteiger partial charge < -0.3 is 14.8 Å². The van der Waals surface area contributed by atoms with Crippen molar-refractivity contribution in [2.75, 3.05) is 19.6 Å². The Morgan fingerprint density at radius 2 is 2.12 bits per heavy atom. The molecule has 0 aromatic carbocycles. The van der Waals surface area contributed by atoms with E-state index < -0.39 is 0 Å². The average Bonchev–Trinajstić information content (AvgIpc) is 3.20. The first kappa shape index (κ1) is 17.0. The number of aromatic nitrogens is 4. The van der Waals surface area contributed by atoms with Gasteiger partial charge in [-0.05, 0) is 18.9 Å². The van der Waals surface area contributed by atoms with E-state index in [1.807, 2.05) is 40.5 Å². The van der Waals surface area contributed by atoms with Gasteiger partial charge in [-0.1, -0.05) is 0 Å². The van der Waals surface area contributed by atoms with Gasteiger partial charge in [0, 0.05) is 57.7 Å². The zero-order valence-corrected chi connectivity index (χ0v) is 14.8. The first-order valence-corrected chi connectivity index (χ1v) is 8.18. The summed E-state index contributed by atoms with van der Waals surface area (Å²) in [7, 11) is 3.89. The molecule has 1 unspecified atom stereocenters. The molecule has 1 amide bonds. The van der Waals surface area contributed by atoms with E-state index in [1.165, 1.54) is 18.5 Å². The molecule has 0 radical (unpaired) electrons. The zero-order chi connectivity index (χ0) is 16.0. The Morgan fingerprint density at radius 3 is 2.79 bits per heavy atom. The molecule has 1 N–H and O–H groups in total. The van der Waals surface area contributed by atoms with Crippen molar-refractivity contribution in [1.29, 1.82) is 0 Å². The van der Waals surface area contributed by atoms with E-state index in [0.717, 1.165) is 18.9 Å².